The normalized spacial score (nSPS) is 13.5. The molecule has 2 aromatic heterocycles. The lowest BCUT2D eigenvalue weighted by molar-refractivity contribution is -0.147. The molecule has 1 fully saturated rings. The Kier molecular flexibility index (Phi) is 8.84. The lowest BCUT2D eigenvalue weighted by atomic mass is 9.88. The maximum absolute atomic E-state index is 13.1. The third-order valence-electron chi connectivity index (χ3n) is 7.72. The first-order chi connectivity index (χ1) is 20.6. The van der Waals surface area contributed by atoms with Gasteiger partial charge in [-0.25, -0.2) is 13.4 Å². The van der Waals surface area contributed by atoms with Gasteiger partial charge in [-0.2, -0.15) is 4.31 Å². The van der Waals surface area contributed by atoms with E-state index in [4.69, 9.17) is 14.1 Å². The second-order valence-corrected chi connectivity index (χ2v) is 12.4. The second kappa shape index (κ2) is 12.6. The van der Waals surface area contributed by atoms with Crippen LogP contribution in [0.1, 0.15) is 67.1 Å². The maximum Gasteiger partial charge on any atom is 0.309 e. The molecule has 5 rings (SSSR count). The number of carboxylic acid groups (broad SMARTS) is 1. The van der Waals surface area contributed by atoms with E-state index < -0.39 is 22.3 Å². The quantitative estimate of drug-likeness (QED) is 0.164. The molecule has 2 N–H and O–H groups in total. The number of aliphatic carboxylic acids is 1. The van der Waals surface area contributed by atoms with Crippen LogP contribution in [0.3, 0.4) is 0 Å². The summed E-state index contributed by atoms with van der Waals surface area (Å²) in [5.74, 6) is 0.660. The number of rotatable bonds is 13. The Morgan fingerprint density at radius 3 is 2.37 bits per heavy atom. The van der Waals surface area contributed by atoms with Crippen LogP contribution in [0.4, 0.5) is 0 Å². The highest BCUT2D eigenvalue weighted by Gasteiger charge is 2.32. The SMILES string of the molecule is CNC(=O)c1c(-c2ccc(Oc3ccccc3)cc2)oc2nc(CN(CCCC(C)(C)C(=O)O)[SH](=O)=O)c(C3CC3)cc12. The topological polar surface area (TPSA) is 139 Å². The zero-order valence-electron chi connectivity index (χ0n) is 24.3. The molecule has 1 saturated carbocycles. The van der Waals surface area contributed by atoms with Gasteiger partial charge >= 0.3 is 5.97 Å². The third-order valence-corrected chi connectivity index (χ3v) is 8.53. The number of nitrogens with zero attached hydrogens (tertiary/aromatic N) is 2. The molecule has 0 radical (unpaired) electrons. The number of pyridine rings is 1. The van der Waals surface area contributed by atoms with Gasteiger partial charge in [-0.15, -0.1) is 0 Å². The smallest absolute Gasteiger partial charge is 0.309 e. The van der Waals surface area contributed by atoms with Crippen molar-refractivity contribution in [2.24, 2.45) is 5.41 Å². The van der Waals surface area contributed by atoms with Crippen molar-refractivity contribution in [3.8, 4) is 22.8 Å². The van der Waals surface area contributed by atoms with Crippen LogP contribution >= 0.6 is 0 Å². The first-order valence-corrected chi connectivity index (χ1v) is 15.3. The monoisotopic (exact) mass is 605 g/mol. The minimum atomic E-state index is -2.94. The molecule has 0 saturated heterocycles. The number of nitrogens with one attached hydrogen (secondary N) is 1. The minimum Gasteiger partial charge on any atom is -0.481 e. The number of para-hydroxylation sites is 1. The Labute approximate surface area is 251 Å². The van der Waals surface area contributed by atoms with Crippen molar-refractivity contribution in [2.45, 2.75) is 52.0 Å². The van der Waals surface area contributed by atoms with E-state index in [1.165, 1.54) is 4.31 Å². The van der Waals surface area contributed by atoms with E-state index in [1.54, 1.807) is 33.0 Å². The Bertz CT molecular complexity index is 1700. The number of hydrogen-bond donors (Lipinski definition) is 3. The predicted molar refractivity (Wildman–Crippen MR) is 163 cm³/mol. The summed E-state index contributed by atoms with van der Waals surface area (Å²) >= 11 is 0. The molecule has 1 amide bonds. The summed E-state index contributed by atoms with van der Waals surface area (Å²) in [6, 6.07) is 18.5. The lowest BCUT2D eigenvalue weighted by Gasteiger charge is -2.21. The number of furan rings is 1. The van der Waals surface area contributed by atoms with Crippen LogP contribution in [0.5, 0.6) is 11.5 Å². The van der Waals surface area contributed by atoms with Crippen molar-refractivity contribution in [3.05, 3.63) is 77.5 Å². The summed E-state index contributed by atoms with van der Waals surface area (Å²) in [4.78, 5) is 29.4. The molecule has 1 aliphatic carbocycles. The molecule has 226 valence electrons. The Balaban J connectivity index is 1.48. The number of carbonyl (C=O) groups is 2. The molecular weight excluding hydrogens is 570 g/mol. The van der Waals surface area contributed by atoms with Gasteiger partial charge in [0.25, 0.3) is 5.91 Å². The van der Waals surface area contributed by atoms with Gasteiger partial charge in [-0.05, 0) is 93.5 Å². The van der Waals surface area contributed by atoms with E-state index in [0.717, 1.165) is 18.4 Å². The van der Waals surface area contributed by atoms with E-state index >= 15 is 0 Å². The molecule has 43 heavy (non-hydrogen) atoms. The molecule has 4 aromatic rings. The third kappa shape index (κ3) is 6.89. The number of thiol groups is 1. The van der Waals surface area contributed by atoms with Gasteiger partial charge < -0.3 is 19.6 Å². The molecule has 1 aliphatic rings. The number of hydrogen-bond acceptors (Lipinski definition) is 7. The fraction of sp³-hybridized carbons (Fsp3) is 0.344. The molecule has 0 aliphatic heterocycles. The number of benzene rings is 2. The molecular formula is C32H35N3O7S. The van der Waals surface area contributed by atoms with E-state index in [-0.39, 0.29) is 30.6 Å². The molecule has 0 bridgehead atoms. The summed E-state index contributed by atoms with van der Waals surface area (Å²) in [5, 5.41) is 12.7. The molecule has 0 atom stereocenters. The van der Waals surface area contributed by atoms with Crippen LogP contribution in [0.25, 0.3) is 22.4 Å². The first-order valence-electron chi connectivity index (χ1n) is 14.2. The molecule has 11 heteroatoms. The summed E-state index contributed by atoms with van der Waals surface area (Å²) in [7, 11) is -1.38. The van der Waals surface area contributed by atoms with Crippen molar-refractivity contribution in [2.75, 3.05) is 13.6 Å². The summed E-state index contributed by atoms with van der Waals surface area (Å²) in [5.41, 5.74) is 1.77. The highest BCUT2D eigenvalue weighted by atomic mass is 32.2. The number of carboxylic acids is 1. The Hall–Kier alpha value is -4.22. The summed E-state index contributed by atoms with van der Waals surface area (Å²) < 4.78 is 37.8. The van der Waals surface area contributed by atoms with Gasteiger partial charge in [0.1, 0.15) is 17.3 Å². The van der Waals surface area contributed by atoms with Gasteiger partial charge in [-0.3, -0.25) is 9.59 Å². The fourth-order valence-electron chi connectivity index (χ4n) is 5.00. The van der Waals surface area contributed by atoms with Gasteiger partial charge in [0, 0.05) is 19.2 Å². The summed E-state index contributed by atoms with van der Waals surface area (Å²) in [6.45, 7) is 3.45. The van der Waals surface area contributed by atoms with Crippen molar-refractivity contribution in [1.29, 1.82) is 0 Å². The number of ether oxygens (including phenoxy) is 1. The zero-order valence-corrected chi connectivity index (χ0v) is 25.2. The van der Waals surface area contributed by atoms with E-state index in [2.05, 4.69) is 5.32 Å². The minimum absolute atomic E-state index is 0.0326. The average Bonchev–Trinajstić information content (AvgIpc) is 3.77. The number of carbonyl (C=O) groups excluding carboxylic acids is 1. The van der Waals surface area contributed by atoms with Gasteiger partial charge in [-0.1, -0.05) is 18.2 Å². The standard InChI is InChI=1S/C32H35N3O7S/c1-32(2,31(37)38)16-7-17-35(43(39)40)19-26-24(20-10-11-20)18-25-27(29(36)33-3)28(42-30(25)34-26)21-12-14-23(15-13-21)41-22-8-5-4-6-9-22/h4-6,8-9,12-15,18,20,43H,7,10-11,16-17,19H2,1-3H3,(H,33,36)(H,37,38). The highest BCUT2D eigenvalue weighted by Crippen LogP contribution is 2.44. The largest absolute Gasteiger partial charge is 0.481 e. The molecule has 0 spiro atoms. The van der Waals surface area contributed by atoms with Crippen molar-refractivity contribution in [3.63, 3.8) is 0 Å². The van der Waals surface area contributed by atoms with Crippen molar-refractivity contribution >= 4 is 33.9 Å². The highest BCUT2D eigenvalue weighted by molar-refractivity contribution is 7.69. The second-order valence-electron chi connectivity index (χ2n) is 11.4. The fourth-order valence-corrected chi connectivity index (χ4v) is 5.56. The van der Waals surface area contributed by atoms with Gasteiger partial charge in [0.15, 0.2) is 0 Å². The van der Waals surface area contributed by atoms with E-state index in [1.807, 2.05) is 48.5 Å². The van der Waals surface area contributed by atoms with Crippen molar-refractivity contribution < 1.29 is 32.3 Å². The maximum atomic E-state index is 13.1. The molecule has 2 aromatic carbocycles. The van der Waals surface area contributed by atoms with Crippen LogP contribution < -0.4 is 10.1 Å². The Morgan fingerprint density at radius 1 is 1.09 bits per heavy atom. The van der Waals surface area contributed by atoms with Crippen LogP contribution in [-0.2, 0) is 22.2 Å². The van der Waals surface area contributed by atoms with Crippen molar-refractivity contribution in [1.82, 2.24) is 14.6 Å². The number of aromatic nitrogens is 1. The predicted octanol–water partition coefficient (Wildman–Crippen LogP) is 5.74. The molecule has 10 nitrogen and oxygen atoms in total. The number of fused-ring (bicyclic) bond motifs is 1. The van der Waals surface area contributed by atoms with Crippen LogP contribution in [0, 0.1) is 5.41 Å². The van der Waals surface area contributed by atoms with E-state index in [9.17, 15) is 23.1 Å². The lowest BCUT2D eigenvalue weighted by Crippen LogP contribution is -2.28. The average molecular weight is 606 g/mol. The zero-order chi connectivity index (χ0) is 30.7. The number of amides is 1. The van der Waals surface area contributed by atoms with Crippen LogP contribution in [0.2, 0.25) is 0 Å². The van der Waals surface area contributed by atoms with Crippen LogP contribution in [0.15, 0.2) is 65.1 Å². The molecule has 0 unspecified atom stereocenters. The Morgan fingerprint density at radius 2 is 1.77 bits per heavy atom. The molecule has 2 heterocycles. The van der Waals surface area contributed by atoms with E-state index in [0.29, 0.717) is 52.3 Å². The first kappa shape index (κ1) is 30.2. The van der Waals surface area contributed by atoms with Crippen LogP contribution in [-0.4, -0.2) is 48.3 Å². The van der Waals surface area contributed by atoms with Gasteiger partial charge in [0.05, 0.1) is 28.6 Å². The summed E-state index contributed by atoms with van der Waals surface area (Å²) in [6.07, 6.45) is 2.61. The van der Waals surface area contributed by atoms with Gasteiger partial charge in [0.2, 0.25) is 16.6 Å².